The number of aryl methyl sites for hydroxylation is 1. The summed E-state index contributed by atoms with van der Waals surface area (Å²) in [5.41, 5.74) is -0.00398. The number of aromatic nitrogens is 2. The molecule has 1 saturated heterocycles. The van der Waals surface area contributed by atoms with E-state index in [1.54, 1.807) is 0 Å². The first-order valence-corrected chi connectivity index (χ1v) is 11.6. The topological polar surface area (TPSA) is 49.3 Å². The molecule has 0 aromatic carbocycles. The van der Waals surface area contributed by atoms with Crippen molar-refractivity contribution in [2.45, 2.75) is 101 Å². The molecule has 1 amide bonds. The predicted molar refractivity (Wildman–Crippen MR) is 124 cm³/mol. The van der Waals surface area contributed by atoms with E-state index in [-0.39, 0.29) is 22.3 Å². The zero-order valence-electron chi connectivity index (χ0n) is 21.5. The lowest BCUT2D eigenvalue weighted by molar-refractivity contribution is -0.693. The Labute approximate surface area is 185 Å². The summed E-state index contributed by atoms with van der Waals surface area (Å²) in [5, 5.41) is 7.00. The van der Waals surface area contributed by atoms with Crippen LogP contribution in [-0.4, -0.2) is 40.2 Å². The number of carbonyl (C=O) groups excluding carboxylic acids is 1. The average molecular weight is 423 g/mol. The van der Waals surface area contributed by atoms with Crippen molar-refractivity contribution in [3.8, 4) is 0 Å². The van der Waals surface area contributed by atoms with Crippen molar-refractivity contribution in [2.75, 3.05) is 13.7 Å². The first-order valence-electron chi connectivity index (χ1n) is 11.6. The Balaban J connectivity index is 0.00000218. The monoisotopic (exact) mass is 422 g/mol. The lowest BCUT2D eigenvalue weighted by atomic mass is 9.54. The van der Waals surface area contributed by atoms with E-state index in [0.717, 1.165) is 26.6 Å². The summed E-state index contributed by atoms with van der Waals surface area (Å²) in [6, 6.07) is 0.540. The molecule has 1 aromatic rings. The fourth-order valence-electron chi connectivity index (χ4n) is 5.93. The number of rotatable bonds is 7. The van der Waals surface area contributed by atoms with Crippen molar-refractivity contribution >= 4 is 5.91 Å². The molecular formula is C25H48N3O2+. The highest BCUT2D eigenvalue weighted by Gasteiger charge is 2.56. The first kappa shape index (κ1) is 26.7. The number of carbonyl (C=O) groups is 1. The Kier molecular flexibility index (Phi) is 8.75. The zero-order chi connectivity index (χ0) is 23.5. The molecule has 30 heavy (non-hydrogen) atoms. The summed E-state index contributed by atoms with van der Waals surface area (Å²) in [4.78, 5) is 14.9. The van der Waals surface area contributed by atoms with Crippen LogP contribution in [0.2, 0.25) is 0 Å². The van der Waals surface area contributed by atoms with Gasteiger partial charge < -0.3 is 10.0 Å². The van der Waals surface area contributed by atoms with Crippen LogP contribution in [0.1, 0.15) is 88.1 Å². The van der Waals surface area contributed by atoms with Gasteiger partial charge in [-0.1, -0.05) is 62.3 Å². The molecule has 1 N–H and O–H groups in total. The lowest BCUT2D eigenvalue weighted by Crippen LogP contribution is -2.58. The summed E-state index contributed by atoms with van der Waals surface area (Å²) in [6.45, 7) is 25.3. The number of hydrogen-bond donors (Lipinski definition) is 1. The van der Waals surface area contributed by atoms with Gasteiger partial charge in [-0.15, -0.1) is 0 Å². The molecule has 2 atom stereocenters. The fourth-order valence-corrected chi connectivity index (χ4v) is 5.93. The molecule has 2 unspecified atom stereocenters. The number of hydrogen-bond acceptors (Lipinski definition) is 2. The third-order valence-electron chi connectivity index (χ3n) is 7.36. The Morgan fingerprint density at radius 1 is 1.07 bits per heavy atom. The number of nitrogens with zero attached hydrogens (tertiary/aromatic N) is 3. The minimum Gasteiger partial charge on any atom is -0.400 e. The van der Waals surface area contributed by atoms with Crippen LogP contribution in [0.5, 0.6) is 0 Å². The molecule has 1 aliphatic rings. The van der Waals surface area contributed by atoms with Gasteiger partial charge in [-0.2, -0.15) is 0 Å². The van der Waals surface area contributed by atoms with Crippen LogP contribution in [0, 0.1) is 22.2 Å². The third kappa shape index (κ3) is 5.09. The average Bonchev–Trinajstić information content (AvgIpc) is 3.24. The lowest BCUT2D eigenvalue weighted by Gasteiger charge is -2.55. The Hall–Kier alpha value is -1.36. The fraction of sp³-hybridized carbons (Fsp3) is 0.840. The van der Waals surface area contributed by atoms with E-state index in [1.807, 2.05) is 0 Å². The maximum atomic E-state index is 12.7. The van der Waals surface area contributed by atoms with E-state index >= 15 is 0 Å². The largest absolute Gasteiger partial charge is 0.400 e. The van der Waals surface area contributed by atoms with Crippen LogP contribution in [0.3, 0.4) is 0 Å². The van der Waals surface area contributed by atoms with Crippen LogP contribution >= 0.6 is 0 Å². The van der Waals surface area contributed by atoms with E-state index in [1.165, 1.54) is 0 Å². The number of amides is 1. The second-order valence-electron chi connectivity index (χ2n) is 11.3. The van der Waals surface area contributed by atoms with Crippen molar-refractivity contribution in [1.29, 1.82) is 0 Å². The summed E-state index contributed by atoms with van der Waals surface area (Å²) >= 11 is 0. The van der Waals surface area contributed by atoms with Crippen LogP contribution in [0.25, 0.3) is 0 Å². The molecule has 2 heterocycles. The molecule has 0 aliphatic carbocycles. The van der Waals surface area contributed by atoms with Gasteiger partial charge in [-0.25, -0.2) is 9.13 Å². The molecular weight excluding hydrogens is 374 g/mol. The highest BCUT2D eigenvalue weighted by atomic mass is 16.2. The molecule has 1 fully saturated rings. The summed E-state index contributed by atoms with van der Waals surface area (Å²) in [7, 11) is 1.00. The van der Waals surface area contributed by atoms with Crippen molar-refractivity contribution < 1.29 is 14.5 Å². The van der Waals surface area contributed by atoms with Crippen LogP contribution < -0.4 is 4.57 Å². The number of imidazole rings is 1. The molecule has 0 bridgehead atoms. The predicted octanol–water partition coefficient (Wildman–Crippen LogP) is 4.69. The van der Waals surface area contributed by atoms with Gasteiger partial charge in [0.2, 0.25) is 12.2 Å². The highest BCUT2D eigenvalue weighted by Crippen LogP contribution is 2.56. The second-order valence-corrected chi connectivity index (χ2v) is 11.3. The molecule has 0 saturated carbocycles. The van der Waals surface area contributed by atoms with E-state index < -0.39 is 0 Å². The maximum absolute atomic E-state index is 12.7. The van der Waals surface area contributed by atoms with Crippen molar-refractivity contribution in [3.63, 3.8) is 0 Å². The van der Waals surface area contributed by atoms with Gasteiger partial charge in [0.1, 0.15) is 18.4 Å². The van der Waals surface area contributed by atoms with Crippen molar-refractivity contribution in [3.05, 3.63) is 18.7 Å². The zero-order valence-corrected chi connectivity index (χ0v) is 21.5. The van der Waals surface area contributed by atoms with Gasteiger partial charge in [-0.05, 0) is 24.7 Å². The molecule has 5 heteroatoms. The quantitative estimate of drug-likeness (QED) is 0.648. The molecule has 0 spiro atoms. The Morgan fingerprint density at radius 3 is 2.00 bits per heavy atom. The molecule has 5 nitrogen and oxygen atoms in total. The molecule has 0 radical (unpaired) electrons. The smallest absolute Gasteiger partial charge is 0.244 e. The van der Waals surface area contributed by atoms with Crippen LogP contribution in [0.4, 0.5) is 0 Å². The van der Waals surface area contributed by atoms with Crippen LogP contribution in [0.15, 0.2) is 18.7 Å². The third-order valence-corrected chi connectivity index (χ3v) is 7.36. The second kappa shape index (κ2) is 9.84. The Morgan fingerprint density at radius 2 is 1.63 bits per heavy atom. The maximum Gasteiger partial charge on any atom is 0.244 e. The van der Waals surface area contributed by atoms with Crippen LogP contribution in [-0.2, 0) is 11.3 Å². The van der Waals surface area contributed by atoms with Crippen molar-refractivity contribution in [2.24, 2.45) is 22.2 Å². The number of likely N-dealkylation sites (tertiary alicyclic amines) is 1. The van der Waals surface area contributed by atoms with E-state index in [2.05, 4.69) is 102 Å². The molecule has 2 rings (SSSR count). The Bertz CT molecular complexity index is 683. The molecule has 1 aromatic heterocycles. The SMILES string of the molecule is CC[n+]1ccn(C(C(C)(C)C)C(C)(C)C(C)(C)C(C(C)C)N2CCCC2=O)c1.CO. The van der Waals surface area contributed by atoms with Crippen molar-refractivity contribution in [1.82, 2.24) is 9.47 Å². The van der Waals surface area contributed by atoms with Gasteiger partial charge >= 0.3 is 0 Å². The van der Waals surface area contributed by atoms with E-state index in [4.69, 9.17) is 5.11 Å². The summed E-state index contributed by atoms with van der Waals surface area (Å²) in [6.07, 6.45) is 8.35. The van der Waals surface area contributed by atoms with Gasteiger partial charge in [0, 0.05) is 36.9 Å². The number of aliphatic hydroxyl groups excluding tert-OH is 1. The van der Waals surface area contributed by atoms with Gasteiger partial charge in [0.25, 0.3) is 0 Å². The summed E-state index contributed by atoms with van der Waals surface area (Å²) < 4.78 is 4.65. The normalized spacial score (nSPS) is 17.8. The van der Waals surface area contributed by atoms with Gasteiger partial charge in [0.05, 0.1) is 6.54 Å². The summed E-state index contributed by atoms with van der Waals surface area (Å²) in [5.74, 6) is 0.752. The standard InChI is InChI=1S/C24H44N3O.CH4O/c1-11-25-15-16-26(17-25)21(22(4,5)6)24(9,10)23(7,8)20(18(2)3)27-14-12-13-19(27)28;1-2/h15-18,20-21H,11-14H2,1-10H3;2H,1H3/q+1;. The molecule has 174 valence electrons. The van der Waals surface area contributed by atoms with Gasteiger partial charge in [0.15, 0.2) is 0 Å². The highest BCUT2D eigenvalue weighted by molar-refractivity contribution is 5.78. The van der Waals surface area contributed by atoms with Gasteiger partial charge in [-0.3, -0.25) is 4.79 Å². The van der Waals surface area contributed by atoms with E-state index in [0.29, 0.717) is 24.3 Å². The first-order chi connectivity index (χ1) is 13.7. The number of aliphatic hydroxyl groups is 1. The molecule has 1 aliphatic heterocycles. The van der Waals surface area contributed by atoms with E-state index in [9.17, 15) is 4.79 Å². The minimum absolute atomic E-state index is 0.0341. The minimum atomic E-state index is -0.0551.